The molecule has 4 rings (SSSR count). The van der Waals surface area contributed by atoms with E-state index in [4.69, 9.17) is 0 Å². The summed E-state index contributed by atoms with van der Waals surface area (Å²) in [5, 5.41) is 8.46. The van der Waals surface area contributed by atoms with Gasteiger partial charge in [0.25, 0.3) is 0 Å². The fourth-order valence-electron chi connectivity index (χ4n) is 3.15. The number of hydrogen-bond acceptors (Lipinski definition) is 3. The predicted molar refractivity (Wildman–Crippen MR) is 94.1 cm³/mol. The van der Waals surface area contributed by atoms with Gasteiger partial charge in [0.15, 0.2) is 0 Å². The smallest absolute Gasteiger partial charge is 0.114 e. The minimum absolute atomic E-state index is 0. The molecule has 0 unspecified atom stereocenters. The third kappa shape index (κ3) is 2.81. The largest absolute Gasteiger partial charge is 0.371 e. The predicted octanol–water partition coefficient (Wildman–Crippen LogP) is 3.54. The monoisotopic (exact) mass is 509 g/mol. The number of para-hydroxylation sites is 1. The first kappa shape index (κ1) is 17.5. The molecular formula is C19H18IrN5-. The second kappa shape index (κ2) is 6.54. The van der Waals surface area contributed by atoms with Gasteiger partial charge in [-0.15, -0.1) is 28.9 Å². The summed E-state index contributed by atoms with van der Waals surface area (Å²) in [6.45, 7) is 6.20. The summed E-state index contributed by atoms with van der Waals surface area (Å²) in [7, 11) is 2.01. The summed E-state index contributed by atoms with van der Waals surface area (Å²) < 4.78 is 4.09. The van der Waals surface area contributed by atoms with Crippen LogP contribution in [0.3, 0.4) is 0 Å². The van der Waals surface area contributed by atoms with Crippen molar-refractivity contribution in [2.45, 2.75) is 20.8 Å². The fraction of sp³-hybridized carbons (Fsp3) is 0.211. The Morgan fingerprint density at radius 1 is 1.08 bits per heavy atom. The maximum absolute atomic E-state index is 4.61. The van der Waals surface area contributed by atoms with E-state index < -0.39 is 0 Å². The Hall–Kier alpha value is -2.30. The van der Waals surface area contributed by atoms with Gasteiger partial charge >= 0.3 is 0 Å². The summed E-state index contributed by atoms with van der Waals surface area (Å²) in [5.74, 6) is 1.75. The Labute approximate surface area is 160 Å². The van der Waals surface area contributed by atoms with Crippen LogP contribution in [-0.4, -0.2) is 24.3 Å². The molecular weight excluding hydrogens is 490 g/mol. The van der Waals surface area contributed by atoms with Crippen LogP contribution in [0.25, 0.3) is 28.1 Å². The maximum Gasteiger partial charge on any atom is 0.114 e. The van der Waals surface area contributed by atoms with Gasteiger partial charge in [-0.25, -0.2) is 0 Å². The van der Waals surface area contributed by atoms with Crippen LogP contribution in [0.2, 0.25) is 0 Å². The van der Waals surface area contributed by atoms with Crippen LogP contribution in [0.15, 0.2) is 36.7 Å². The molecule has 0 aliphatic carbocycles. The van der Waals surface area contributed by atoms with Crippen LogP contribution >= 0.6 is 0 Å². The van der Waals surface area contributed by atoms with Crippen molar-refractivity contribution in [3.05, 3.63) is 59.7 Å². The molecule has 0 fully saturated rings. The summed E-state index contributed by atoms with van der Waals surface area (Å²) >= 11 is 0. The molecule has 0 atom stereocenters. The van der Waals surface area contributed by atoms with E-state index in [1.165, 1.54) is 11.1 Å². The fourth-order valence-corrected chi connectivity index (χ4v) is 3.15. The van der Waals surface area contributed by atoms with Gasteiger partial charge in [0.2, 0.25) is 0 Å². The molecule has 0 amide bonds. The minimum atomic E-state index is 0. The van der Waals surface area contributed by atoms with Gasteiger partial charge in [-0.1, -0.05) is 18.2 Å². The summed E-state index contributed by atoms with van der Waals surface area (Å²) in [6.07, 6.45) is 1.76. The zero-order valence-corrected chi connectivity index (χ0v) is 16.9. The Kier molecular flexibility index (Phi) is 4.58. The van der Waals surface area contributed by atoms with Crippen molar-refractivity contribution in [3.8, 4) is 17.1 Å². The van der Waals surface area contributed by atoms with Crippen LogP contribution < -0.4 is 0 Å². The van der Waals surface area contributed by atoms with Crippen molar-refractivity contribution in [1.29, 1.82) is 0 Å². The van der Waals surface area contributed by atoms with Crippen LogP contribution in [0.5, 0.6) is 0 Å². The molecule has 0 saturated carbocycles. The maximum atomic E-state index is 4.61. The summed E-state index contributed by atoms with van der Waals surface area (Å²) in [5.41, 5.74) is 6.38. The van der Waals surface area contributed by atoms with Crippen molar-refractivity contribution >= 4 is 11.0 Å². The van der Waals surface area contributed by atoms with E-state index >= 15 is 0 Å². The van der Waals surface area contributed by atoms with Crippen molar-refractivity contribution in [3.63, 3.8) is 0 Å². The van der Waals surface area contributed by atoms with Crippen molar-refractivity contribution in [2.75, 3.05) is 0 Å². The number of hydrogen-bond donors (Lipinski definition) is 0. The van der Waals surface area contributed by atoms with E-state index in [0.717, 1.165) is 33.9 Å². The molecule has 4 aromatic rings. The number of fused-ring (bicyclic) bond motifs is 1. The average molecular weight is 509 g/mol. The van der Waals surface area contributed by atoms with Crippen LogP contribution in [0.1, 0.15) is 17.0 Å². The molecule has 0 N–H and O–H groups in total. The number of rotatable bonds is 2. The van der Waals surface area contributed by atoms with Gasteiger partial charge in [0, 0.05) is 38.4 Å². The molecule has 0 bridgehead atoms. The minimum Gasteiger partial charge on any atom is -0.371 e. The Balaban J connectivity index is 0.00000182. The second-order valence-corrected chi connectivity index (χ2v) is 6.10. The Morgan fingerprint density at radius 2 is 1.80 bits per heavy atom. The summed E-state index contributed by atoms with van der Waals surface area (Å²) in [6, 6.07) is 13.6. The number of imidazole rings is 1. The molecule has 1 radical (unpaired) electrons. The molecule has 0 aliphatic heterocycles. The normalized spacial score (nSPS) is 10.9. The van der Waals surface area contributed by atoms with Crippen molar-refractivity contribution in [1.82, 2.24) is 24.3 Å². The van der Waals surface area contributed by atoms with Crippen LogP contribution in [0, 0.1) is 26.8 Å². The molecule has 0 aliphatic rings. The van der Waals surface area contributed by atoms with E-state index in [0.29, 0.717) is 0 Å². The van der Waals surface area contributed by atoms with Crippen molar-refractivity contribution in [2.24, 2.45) is 7.05 Å². The number of aromatic nitrogens is 5. The molecule has 0 saturated heterocycles. The molecule has 2 aromatic carbocycles. The van der Waals surface area contributed by atoms with Gasteiger partial charge in [-0.2, -0.15) is 5.10 Å². The first-order valence-corrected chi connectivity index (χ1v) is 7.88. The number of aryl methyl sites for hydroxylation is 4. The first-order chi connectivity index (χ1) is 11.6. The van der Waals surface area contributed by atoms with E-state index in [-0.39, 0.29) is 20.1 Å². The quantitative estimate of drug-likeness (QED) is 0.389. The van der Waals surface area contributed by atoms with Gasteiger partial charge in [-0.3, -0.25) is 4.98 Å². The molecule has 25 heavy (non-hydrogen) atoms. The van der Waals surface area contributed by atoms with E-state index in [2.05, 4.69) is 57.9 Å². The zero-order valence-electron chi connectivity index (χ0n) is 14.5. The third-order valence-electron chi connectivity index (χ3n) is 4.51. The zero-order chi connectivity index (χ0) is 16.8. The molecule has 2 heterocycles. The van der Waals surface area contributed by atoms with Gasteiger partial charge in [0.1, 0.15) is 6.33 Å². The third-order valence-corrected chi connectivity index (χ3v) is 4.51. The van der Waals surface area contributed by atoms with E-state index in [1.54, 1.807) is 6.33 Å². The van der Waals surface area contributed by atoms with Gasteiger partial charge in [0.05, 0.1) is 11.6 Å². The molecule has 6 heteroatoms. The van der Waals surface area contributed by atoms with Crippen molar-refractivity contribution < 1.29 is 20.1 Å². The number of nitrogens with zero attached hydrogens (tertiary/aromatic N) is 5. The number of benzene rings is 2. The molecule has 129 valence electrons. The van der Waals surface area contributed by atoms with Gasteiger partial charge in [-0.05, 0) is 37.4 Å². The second-order valence-electron chi connectivity index (χ2n) is 6.10. The Morgan fingerprint density at radius 3 is 2.52 bits per heavy atom. The molecule has 2 aromatic heterocycles. The van der Waals surface area contributed by atoms with E-state index in [9.17, 15) is 0 Å². The SMILES string of the molecule is Cc1cccc(C)c1-n1cnnc1-c1[c-]cc2c(c1)nc(C)n2C.[Ir]. The van der Waals surface area contributed by atoms with E-state index in [1.807, 2.05) is 30.7 Å². The van der Waals surface area contributed by atoms with Crippen LogP contribution in [0.4, 0.5) is 0 Å². The molecule has 0 spiro atoms. The topological polar surface area (TPSA) is 48.5 Å². The standard InChI is InChI=1S/C19H18N5.Ir/c1-12-6-5-7-13(2)18(12)24-11-20-22-19(24)15-8-9-17-16(10-15)21-14(3)23(17)4;/h5-7,9-11H,1-4H3;/q-1;. The average Bonchev–Trinajstić information content (AvgIpc) is 3.13. The van der Waals surface area contributed by atoms with Gasteiger partial charge < -0.3 is 9.13 Å². The van der Waals surface area contributed by atoms with Crippen LogP contribution in [-0.2, 0) is 27.2 Å². The molecule has 5 nitrogen and oxygen atoms in total. The summed E-state index contributed by atoms with van der Waals surface area (Å²) in [4.78, 5) is 4.61. The first-order valence-electron chi connectivity index (χ1n) is 7.88. The Bertz CT molecular complexity index is 1040.